The second kappa shape index (κ2) is 5.83. The molecule has 0 aromatic carbocycles. The number of ether oxygens (including phenoxy) is 1. The molecule has 0 N–H and O–H groups in total. The van der Waals surface area contributed by atoms with Crippen molar-refractivity contribution in [2.75, 3.05) is 0 Å². The first kappa shape index (κ1) is 15.2. The molecular formula is C16H21NO2. The number of nitrogens with zero attached hydrogens (tertiary/aromatic N) is 1. The Kier molecular flexibility index (Phi) is 4.65. The summed E-state index contributed by atoms with van der Waals surface area (Å²) in [5, 5.41) is 0. The summed E-state index contributed by atoms with van der Waals surface area (Å²) in [5.41, 5.74) is 1.07. The van der Waals surface area contributed by atoms with Gasteiger partial charge in [-0.1, -0.05) is 51.7 Å². The molecular weight excluding hydrogens is 238 g/mol. The van der Waals surface area contributed by atoms with Gasteiger partial charge in [0.2, 0.25) is 5.90 Å². The largest absolute Gasteiger partial charge is 0.402 e. The Bertz CT molecular complexity index is 487. The van der Waals surface area contributed by atoms with E-state index in [2.05, 4.69) is 45.0 Å². The summed E-state index contributed by atoms with van der Waals surface area (Å²) >= 11 is 0. The maximum absolute atomic E-state index is 11.2. The predicted octanol–water partition coefficient (Wildman–Crippen LogP) is 3.81. The Morgan fingerprint density at radius 3 is 2.47 bits per heavy atom. The maximum Gasteiger partial charge on any atom is 0.363 e. The third-order valence-electron chi connectivity index (χ3n) is 2.92. The van der Waals surface area contributed by atoms with E-state index in [-0.39, 0.29) is 17.0 Å². The minimum Gasteiger partial charge on any atom is -0.402 e. The lowest BCUT2D eigenvalue weighted by Crippen LogP contribution is -2.15. The van der Waals surface area contributed by atoms with Gasteiger partial charge in [0.1, 0.15) is 5.70 Å². The summed E-state index contributed by atoms with van der Waals surface area (Å²) in [4.78, 5) is 15.1. The number of hydrogen-bond acceptors (Lipinski definition) is 3. The van der Waals surface area contributed by atoms with Gasteiger partial charge in [0.25, 0.3) is 0 Å². The lowest BCUT2D eigenvalue weighted by molar-refractivity contribution is -0.130. The highest BCUT2D eigenvalue weighted by Gasteiger charge is 2.21. The molecule has 0 fully saturated rings. The second-order valence-electron chi connectivity index (χ2n) is 5.62. The smallest absolute Gasteiger partial charge is 0.363 e. The molecule has 19 heavy (non-hydrogen) atoms. The number of allylic oxidation sites excluding steroid dienone is 4. The van der Waals surface area contributed by atoms with Crippen LogP contribution in [-0.2, 0) is 9.53 Å². The van der Waals surface area contributed by atoms with E-state index in [1.807, 2.05) is 25.2 Å². The molecule has 0 saturated carbocycles. The van der Waals surface area contributed by atoms with Gasteiger partial charge in [-0.25, -0.2) is 9.79 Å². The fourth-order valence-electron chi connectivity index (χ4n) is 1.62. The summed E-state index contributed by atoms with van der Waals surface area (Å²) < 4.78 is 4.98. The van der Waals surface area contributed by atoms with Crippen molar-refractivity contribution < 1.29 is 9.53 Å². The zero-order valence-corrected chi connectivity index (χ0v) is 12.1. The van der Waals surface area contributed by atoms with Crippen LogP contribution < -0.4 is 0 Å². The predicted molar refractivity (Wildman–Crippen MR) is 78.7 cm³/mol. The zero-order valence-electron chi connectivity index (χ0n) is 12.1. The lowest BCUT2D eigenvalue weighted by Gasteiger charge is -2.24. The van der Waals surface area contributed by atoms with Crippen LogP contribution in [0.4, 0.5) is 0 Å². The van der Waals surface area contributed by atoms with Gasteiger partial charge >= 0.3 is 5.97 Å². The lowest BCUT2D eigenvalue weighted by atomic mass is 9.80. The molecule has 0 aromatic heterocycles. The summed E-state index contributed by atoms with van der Waals surface area (Å²) in [6.45, 7) is 15.7. The number of rotatable bonds is 4. The summed E-state index contributed by atoms with van der Waals surface area (Å²) in [6, 6.07) is 0. The molecule has 1 aliphatic rings. The van der Waals surface area contributed by atoms with Gasteiger partial charge < -0.3 is 4.74 Å². The van der Waals surface area contributed by atoms with E-state index in [9.17, 15) is 4.79 Å². The third-order valence-corrected chi connectivity index (χ3v) is 2.92. The molecule has 1 atom stereocenters. The standard InChI is InChI=1S/C16H21NO2/c1-7-13(16(4,5)6)10-8-9-11(2)14-17-12(3)15(18)19-14/h7-10,13H,1,3H2,2,4-6H3/b10-8+,11-9+. The van der Waals surface area contributed by atoms with Crippen LogP contribution in [0.15, 0.2) is 53.7 Å². The molecule has 3 heteroatoms. The van der Waals surface area contributed by atoms with Crippen LogP contribution in [0.25, 0.3) is 0 Å². The molecule has 1 aliphatic heterocycles. The van der Waals surface area contributed by atoms with Gasteiger partial charge in [-0.15, -0.1) is 6.58 Å². The van der Waals surface area contributed by atoms with Crippen LogP contribution in [-0.4, -0.2) is 11.9 Å². The van der Waals surface area contributed by atoms with E-state index >= 15 is 0 Å². The van der Waals surface area contributed by atoms with Crippen molar-refractivity contribution in [1.29, 1.82) is 0 Å². The van der Waals surface area contributed by atoms with Crippen molar-refractivity contribution in [1.82, 2.24) is 0 Å². The van der Waals surface area contributed by atoms with Gasteiger partial charge in [0, 0.05) is 5.57 Å². The molecule has 0 amide bonds. The maximum atomic E-state index is 11.2. The topological polar surface area (TPSA) is 38.7 Å². The van der Waals surface area contributed by atoms with Gasteiger partial charge in [-0.2, -0.15) is 0 Å². The molecule has 0 radical (unpaired) electrons. The van der Waals surface area contributed by atoms with Crippen LogP contribution in [0.2, 0.25) is 0 Å². The molecule has 3 nitrogen and oxygen atoms in total. The molecule has 0 bridgehead atoms. The molecule has 1 rings (SSSR count). The average Bonchev–Trinajstić information content (AvgIpc) is 2.63. The second-order valence-corrected chi connectivity index (χ2v) is 5.62. The van der Waals surface area contributed by atoms with Gasteiger partial charge in [0.05, 0.1) is 0 Å². The Morgan fingerprint density at radius 2 is 2.05 bits per heavy atom. The van der Waals surface area contributed by atoms with Gasteiger partial charge in [-0.05, 0) is 18.3 Å². The van der Waals surface area contributed by atoms with Crippen molar-refractivity contribution in [3.63, 3.8) is 0 Å². The normalized spacial score (nSPS) is 18.5. The number of aliphatic imine (C=N–C) groups is 1. The number of hydrogen-bond donors (Lipinski definition) is 0. The molecule has 1 heterocycles. The number of cyclic esters (lactones) is 1. The highest BCUT2D eigenvalue weighted by atomic mass is 16.6. The number of carbonyl (C=O) groups excluding carboxylic acids is 1. The monoisotopic (exact) mass is 259 g/mol. The molecule has 102 valence electrons. The van der Waals surface area contributed by atoms with Crippen molar-refractivity contribution in [3.05, 3.63) is 48.7 Å². The van der Waals surface area contributed by atoms with Gasteiger partial charge in [0.15, 0.2) is 0 Å². The molecule has 0 saturated heterocycles. The molecule has 0 aliphatic carbocycles. The summed E-state index contributed by atoms with van der Waals surface area (Å²) in [6.07, 6.45) is 7.80. The van der Waals surface area contributed by atoms with Crippen molar-refractivity contribution in [2.24, 2.45) is 16.3 Å². The minimum atomic E-state index is -0.481. The van der Waals surface area contributed by atoms with Crippen molar-refractivity contribution in [3.8, 4) is 0 Å². The summed E-state index contributed by atoms with van der Waals surface area (Å²) in [5.74, 6) is 0.121. The highest BCUT2D eigenvalue weighted by Crippen LogP contribution is 2.27. The number of carbonyl (C=O) groups is 1. The molecule has 1 unspecified atom stereocenters. The Morgan fingerprint density at radius 1 is 1.42 bits per heavy atom. The third kappa shape index (κ3) is 4.05. The summed E-state index contributed by atoms with van der Waals surface area (Å²) in [7, 11) is 0. The zero-order chi connectivity index (χ0) is 14.6. The average molecular weight is 259 g/mol. The van der Waals surface area contributed by atoms with Crippen molar-refractivity contribution in [2.45, 2.75) is 27.7 Å². The van der Waals surface area contributed by atoms with Crippen LogP contribution in [0.5, 0.6) is 0 Å². The van der Waals surface area contributed by atoms with E-state index in [4.69, 9.17) is 4.74 Å². The Hall–Kier alpha value is -1.90. The highest BCUT2D eigenvalue weighted by molar-refractivity contribution is 6.10. The quantitative estimate of drug-likeness (QED) is 0.333. The first-order valence-corrected chi connectivity index (χ1v) is 6.23. The fourth-order valence-corrected chi connectivity index (χ4v) is 1.62. The first-order chi connectivity index (χ1) is 8.75. The van der Waals surface area contributed by atoms with Gasteiger partial charge in [-0.3, -0.25) is 0 Å². The minimum absolute atomic E-state index is 0.131. The Balaban J connectivity index is 2.77. The van der Waals surface area contributed by atoms with E-state index in [0.29, 0.717) is 5.90 Å². The van der Waals surface area contributed by atoms with Crippen LogP contribution >= 0.6 is 0 Å². The van der Waals surface area contributed by atoms with E-state index in [1.54, 1.807) is 0 Å². The van der Waals surface area contributed by atoms with E-state index < -0.39 is 5.97 Å². The van der Waals surface area contributed by atoms with E-state index in [1.165, 1.54) is 0 Å². The Labute approximate surface area is 115 Å². The van der Waals surface area contributed by atoms with Crippen LogP contribution in [0.1, 0.15) is 27.7 Å². The fraction of sp³-hybridized carbons (Fsp3) is 0.375. The first-order valence-electron chi connectivity index (χ1n) is 6.23. The molecule has 0 aromatic rings. The SMILES string of the molecule is C=CC(/C=C/C=C(\C)C1=NC(=C)C(=O)O1)C(C)(C)C. The van der Waals surface area contributed by atoms with E-state index in [0.717, 1.165) is 5.57 Å². The van der Waals surface area contributed by atoms with Crippen molar-refractivity contribution >= 4 is 11.9 Å². The number of esters is 1. The van der Waals surface area contributed by atoms with Crippen LogP contribution in [0.3, 0.4) is 0 Å². The molecule has 0 spiro atoms. The van der Waals surface area contributed by atoms with Crippen LogP contribution in [0, 0.1) is 11.3 Å².